The van der Waals surface area contributed by atoms with E-state index >= 15 is 0 Å². The molecular formula is C22H19FN4O3. The third kappa shape index (κ3) is 5.52. The standard InChI is InChI=1S/C22H19FN4O3/c1-2-13-24-20(28)12-11-19-22(29)25-21(27-26-19)15-7-9-17(10-8-15)30-14-16-5-3-4-6-18(16)23/h1,3-10H,11-14H2,(H,24,28)(H,25,27,29). The molecule has 0 saturated heterocycles. The SMILES string of the molecule is C#CCNC(=O)CCc1nnc(-c2ccc(OCc3ccccc3F)cc2)[nH]c1=O. The highest BCUT2D eigenvalue weighted by atomic mass is 19.1. The van der Waals surface area contributed by atoms with Crippen LogP contribution in [-0.2, 0) is 17.8 Å². The maximum Gasteiger partial charge on any atom is 0.273 e. The Morgan fingerprint density at radius 3 is 2.63 bits per heavy atom. The zero-order chi connectivity index (χ0) is 21.3. The predicted molar refractivity (Wildman–Crippen MR) is 109 cm³/mol. The number of carbonyl (C=O) groups excluding carboxylic acids is 1. The van der Waals surface area contributed by atoms with Crippen LogP contribution in [0.1, 0.15) is 17.7 Å². The van der Waals surface area contributed by atoms with E-state index in [-0.39, 0.29) is 43.4 Å². The Morgan fingerprint density at radius 2 is 1.93 bits per heavy atom. The highest BCUT2D eigenvalue weighted by Crippen LogP contribution is 2.19. The molecule has 0 spiro atoms. The van der Waals surface area contributed by atoms with E-state index < -0.39 is 5.56 Å². The summed E-state index contributed by atoms with van der Waals surface area (Å²) >= 11 is 0. The third-order valence-corrected chi connectivity index (χ3v) is 4.22. The molecule has 2 N–H and O–H groups in total. The number of rotatable bonds is 8. The molecule has 152 valence electrons. The first-order valence-corrected chi connectivity index (χ1v) is 9.19. The van der Waals surface area contributed by atoms with Crippen molar-refractivity contribution in [3.8, 4) is 29.5 Å². The van der Waals surface area contributed by atoms with E-state index in [0.717, 1.165) is 0 Å². The van der Waals surface area contributed by atoms with Crippen LogP contribution in [0.3, 0.4) is 0 Å². The third-order valence-electron chi connectivity index (χ3n) is 4.22. The van der Waals surface area contributed by atoms with E-state index in [1.807, 2.05) is 0 Å². The molecule has 0 saturated carbocycles. The summed E-state index contributed by atoms with van der Waals surface area (Å²) in [5.74, 6) is 2.56. The van der Waals surface area contributed by atoms with E-state index in [1.165, 1.54) is 6.07 Å². The van der Waals surface area contributed by atoms with Gasteiger partial charge in [-0.1, -0.05) is 24.1 Å². The summed E-state index contributed by atoms with van der Waals surface area (Å²) in [4.78, 5) is 26.4. The van der Waals surface area contributed by atoms with Crippen molar-refractivity contribution < 1.29 is 13.9 Å². The van der Waals surface area contributed by atoms with Crippen LogP contribution in [0.5, 0.6) is 5.75 Å². The molecule has 0 atom stereocenters. The first kappa shape index (κ1) is 20.7. The van der Waals surface area contributed by atoms with Crippen LogP contribution in [0.25, 0.3) is 11.4 Å². The molecule has 0 bridgehead atoms. The molecule has 3 rings (SSSR count). The largest absolute Gasteiger partial charge is 0.489 e. The number of ether oxygens (including phenoxy) is 1. The Kier molecular flexibility index (Phi) is 6.90. The van der Waals surface area contributed by atoms with Crippen LogP contribution in [0, 0.1) is 18.2 Å². The number of aryl methyl sites for hydroxylation is 1. The quantitative estimate of drug-likeness (QED) is 0.559. The lowest BCUT2D eigenvalue weighted by atomic mass is 10.2. The van der Waals surface area contributed by atoms with E-state index in [2.05, 4.69) is 26.4 Å². The summed E-state index contributed by atoms with van der Waals surface area (Å²) in [5, 5.41) is 10.5. The molecule has 30 heavy (non-hydrogen) atoms. The lowest BCUT2D eigenvalue weighted by molar-refractivity contribution is -0.120. The first-order chi connectivity index (χ1) is 14.6. The fraction of sp³-hybridized carbons (Fsp3) is 0.182. The molecule has 3 aromatic rings. The number of carbonyl (C=O) groups is 1. The van der Waals surface area contributed by atoms with E-state index in [9.17, 15) is 14.0 Å². The first-order valence-electron chi connectivity index (χ1n) is 9.19. The summed E-state index contributed by atoms with van der Waals surface area (Å²) < 4.78 is 19.2. The predicted octanol–water partition coefficient (Wildman–Crippen LogP) is 2.23. The second-order valence-electron chi connectivity index (χ2n) is 6.33. The van der Waals surface area contributed by atoms with Gasteiger partial charge in [0.2, 0.25) is 5.91 Å². The molecule has 2 aromatic carbocycles. The Balaban J connectivity index is 1.61. The minimum absolute atomic E-state index is 0.0901. The van der Waals surface area contributed by atoms with E-state index in [4.69, 9.17) is 11.2 Å². The second kappa shape index (κ2) is 9.98. The van der Waals surface area contributed by atoms with Crippen LogP contribution in [0.2, 0.25) is 0 Å². The second-order valence-corrected chi connectivity index (χ2v) is 6.33. The topological polar surface area (TPSA) is 97.0 Å². The zero-order valence-electron chi connectivity index (χ0n) is 16.0. The van der Waals surface area contributed by atoms with E-state index in [1.54, 1.807) is 42.5 Å². The average molecular weight is 406 g/mol. The molecule has 8 heteroatoms. The molecule has 0 aliphatic heterocycles. The number of aromatic amines is 1. The van der Waals surface area contributed by atoms with Gasteiger partial charge >= 0.3 is 0 Å². The summed E-state index contributed by atoms with van der Waals surface area (Å²) in [5.41, 5.74) is 0.848. The average Bonchev–Trinajstić information content (AvgIpc) is 2.76. The Bertz CT molecular complexity index is 1120. The zero-order valence-corrected chi connectivity index (χ0v) is 16.0. The Labute approximate surface area is 172 Å². The van der Waals surface area contributed by atoms with Crippen LogP contribution in [0.15, 0.2) is 53.3 Å². The molecule has 1 aromatic heterocycles. The van der Waals surface area contributed by atoms with Gasteiger partial charge < -0.3 is 15.0 Å². The maximum absolute atomic E-state index is 13.6. The number of amides is 1. The smallest absolute Gasteiger partial charge is 0.273 e. The molecule has 1 heterocycles. The van der Waals surface area contributed by atoms with Crippen molar-refractivity contribution >= 4 is 5.91 Å². The van der Waals surface area contributed by atoms with Crippen molar-refractivity contribution in [3.05, 3.63) is 76.0 Å². The van der Waals surface area contributed by atoms with E-state index in [0.29, 0.717) is 22.7 Å². The number of terminal acetylenes is 1. The summed E-state index contributed by atoms with van der Waals surface area (Å²) in [6, 6.07) is 13.2. The van der Waals surface area contributed by atoms with Gasteiger partial charge in [0.1, 0.15) is 23.9 Å². The van der Waals surface area contributed by atoms with Gasteiger partial charge in [-0.25, -0.2) is 4.39 Å². The van der Waals surface area contributed by atoms with Crippen LogP contribution in [-0.4, -0.2) is 27.6 Å². The number of hydrogen-bond acceptors (Lipinski definition) is 5. The van der Waals surface area contributed by atoms with Gasteiger partial charge in [-0.15, -0.1) is 16.6 Å². The fourth-order valence-electron chi connectivity index (χ4n) is 2.61. The number of nitrogens with zero attached hydrogens (tertiary/aromatic N) is 2. The van der Waals surface area contributed by atoms with Crippen LogP contribution >= 0.6 is 0 Å². The van der Waals surface area contributed by atoms with Crippen molar-refractivity contribution in [1.29, 1.82) is 0 Å². The highest BCUT2D eigenvalue weighted by molar-refractivity contribution is 5.76. The van der Waals surface area contributed by atoms with Crippen molar-refractivity contribution in [2.75, 3.05) is 6.54 Å². The normalized spacial score (nSPS) is 10.3. The molecule has 7 nitrogen and oxygen atoms in total. The molecule has 0 fully saturated rings. The van der Waals surface area contributed by atoms with Gasteiger partial charge in [-0.3, -0.25) is 9.59 Å². The van der Waals surface area contributed by atoms with Crippen molar-refractivity contribution in [2.45, 2.75) is 19.4 Å². The van der Waals surface area contributed by atoms with Gasteiger partial charge in [0, 0.05) is 24.0 Å². The van der Waals surface area contributed by atoms with Crippen molar-refractivity contribution in [2.24, 2.45) is 0 Å². The molecule has 0 radical (unpaired) electrons. The molecule has 0 aliphatic carbocycles. The van der Waals surface area contributed by atoms with Crippen LogP contribution in [0.4, 0.5) is 4.39 Å². The number of halogens is 1. The number of nitrogens with one attached hydrogen (secondary N) is 2. The van der Waals surface area contributed by atoms with Gasteiger partial charge in [-0.2, -0.15) is 0 Å². The molecule has 0 aliphatic rings. The van der Waals surface area contributed by atoms with Gasteiger partial charge in [0.25, 0.3) is 5.56 Å². The van der Waals surface area contributed by atoms with Gasteiger partial charge in [-0.05, 0) is 30.3 Å². The number of hydrogen-bond donors (Lipinski definition) is 2. The summed E-state index contributed by atoms with van der Waals surface area (Å²) in [6.07, 6.45) is 5.32. The highest BCUT2D eigenvalue weighted by Gasteiger charge is 2.10. The summed E-state index contributed by atoms with van der Waals surface area (Å²) in [7, 11) is 0. The Morgan fingerprint density at radius 1 is 1.17 bits per heavy atom. The van der Waals surface area contributed by atoms with Crippen LogP contribution < -0.4 is 15.6 Å². The van der Waals surface area contributed by atoms with Crippen molar-refractivity contribution in [1.82, 2.24) is 20.5 Å². The van der Waals surface area contributed by atoms with Gasteiger partial charge in [0.15, 0.2) is 5.82 Å². The number of benzene rings is 2. The molecule has 0 unspecified atom stereocenters. The maximum atomic E-state index is 13.6. The lowest BCUT2D eigenvalue weighted by Crippen LogP contribution is -2.25. The fourth-order valence-corrected chi connectivity index (χ4v) is 2.61. The summed E-state index contributed by atoms with van der Waals surface area (Å²) in [6.45, 7) is 0.242. The lowest BCUT2D eigenvalue weighted by Gasteiger charge is -2.08. The van der Waals surface area contributed by atoms with Gasteiger partial charge in [0.05, 0.1) is 6.54 Å². The number of aromatic nitrogens is 3. The Hall–Kier alpha value is -3.99. The monoisotopic (exact) mass is 406 g/mol. The minimum Gasteiger partial charge on any atom is -0.489 e. The van der Waals surface area contributed by atoms with Crippen molar-refractivity contribution in [3.63, 3.8) is 0 Å². The molecular weight excluding hydrogens is 387 g/mol. The minimum atomic E-state index is -0.412. The molecule has 1 amide bonds. The number of H-pyrrole nitrogens is 1.